The van der Waals surface area contributed by atoms with Crippen molar-refractivity contribution in [1.29, 1.82) is 0 Å². The van der Waals surface area contributed by atoms with Gasteiger partial charge in [-0.15, -0.1) is 0 Å². The molecule has 9 heteroatoms. The first-order valence-electron chi connectivity index (χ1n) is 14.2. The highest BCUT2D eigenvalue weighted by Gasteiger charge is 2.61. The molecule has 3 aliphatic rings. The topological polar surface area (TPSA) is 125 Å². The number of aliphatic hydroxyl groups is 1. The summed E-state index contributed by atoms with van der Waals surface area (Å²) in [5.74, 6) is -3.50. The van der Waals surface area contributed by atoms with Gasteiger partial charge < -0.3 is 24.1 Å². The zero-order chi connectivity index (χ0) is 30.3. The number of hydrogen-bond acceptors (Lipinski definition) is 9. The lowest BCUT2D eigenvalue weighted by Gasteiger charge is -2.58. The molecule has 224 valence electrons. The van der Waals surface area contributed by atoms with Crippen molar-refractivity contribution in [2.45, 2.75) is 119 Å². The number of carbonyl (C=O) groups is 4. The van der Waals surface area contributed by atoms with Crippen LogP contribution in [0.25, 0.3) is 0 Å². The molecule has 0 radical (unpaired) electrons. The fraction of sp³-hybridized carbons (Fsp3) is 0.742. The molecule has 1 unspecified atom stereocenters. The maximum absolute atomic E-state index is 13.1. The Morgan fingerprint density at radius 2 is 1.48 bits per heavy atom. The van der Waals surface area contributed by atoms with E-state index in [4.69, 9.17) is 18.9 Å². The first-order chi connectivity index (χ1) is 18.4. The summed E-state index contributed by atoms with van der Waals surface area (Å²) in [5, 5.41) is 10.5. The Morgan fingerprint density at radius 1 is 0.925 bits per heavy atom. The van der Waals surface area contributed by atoms with Crippen LogP contribution in [0, 0.1) is 28.6 Å². The second-order valence-corrected chi connectivity index (χ2v) is 13.0. The minimum atomic E-state index is -1.31. The largest absolute Gasteiger partial charge is 0.461 e. The number of aliphatic hydroxyl groups excluding tert-OH is 1. The molecule has 0 aromatic rings. The first kappa shape index (κ1) is 31.8. The minimum absolute atomic E-state index is 0.318. The van der Waals surface area contributed by atoms with Crippen molar-refractivity contribution >= 4 is 23.9 Å². The van der Waals surface area contributed by atoms with Crippen molar-refractivity contribution in [3.8, 4) is 0 Å². The van der Waals surface area contributed by atoms with Gasteiger partial charge in [0.1, 0.15) is 24.4 Å². The number of hydrogen-bond donors (Lipinski definition) is 1. The second kappa shape index (κ2) is 11.7. The molecule has 0 aromatic heterocycles. The van der Waals surface area contributed by atoms with Gasteiger partial charge in [0.15, 0.2) is 6.10 Å². The zero-order valence-corrected chi connectivity index (χ0v) is 25.4. The molecular formula is C31H46O9. The molecule has 8 atom stereocenters. The van der Waals surface area contributed by atoms with E-state index in [9.17, 15) is 24.3 Å². The standard InChI is InChI=1S/C31H46O9/c1-15(2)27(35)29(36)40-22-13-16(3)24-23(38-19(6)33)14-31(10)12-11-21(37-18(5)32)17(4)25(31)28(39-20(7)34)26(22)30(24,8)9/h15,21-23,25-28,35H,4,11-14H2,1-3,5-10H3/t21-,22-,23-,25-,26-,27?,28-,31-/m0/s1. The van der Waals surface area contributed by atoms with E-state index in [1.165, 1.54) is 20.8 Å². The van der Waals surface area contributed by atoms with Crippen LogP contribution in [0.4, 0.5) is 0 Å². The molecule has 0 saturated heterocycles. The van der Waals surface area contributed by atoms with E-state index in [2.05, 4.69) is 13.5 Å². The van der Waals surface area contributed by atoms with Crippen molar-refractivity contribution in [3.05, 3.63) is 23.3 Å². The van der Waals surface area contributed by atoms with Crippen molar-refractivity contribution < 1.29 is 43.2 Å². The van der Waals surface area contributed by atoms with Crippen LogP contribution in [0.1, 0.15) is 88.0 Å². The van der Waals surface area contributed by atoms with E-state index in [1.807, 2.05) is 20.8 Å². The van der Waals surface area contributed by atoms with Gasteiger partial charge >= 0.3 is 23.9 Å². The van der Waals surface area contributed by atoms with Crippen LogP contribution in [-0.2, 0) is 38.1 Å². The highest BCUT2D eigenvalue weighted by molar-refractivity contribution is 5.75. The summed E-state index contributed by atoms with van der Waals surface area (Å²) in [6.45, 7) is 19.9. The van der Waals surface area contributed by atoms with Gasteiger partial charge in [0.25, 0.3) is 0 Å². The number of fused-ring (bicyclic) bond motifs is 3. The van der Waals surface area contributed by atoms with Crippen LogP contribution in [0.15, 0.2) is 23.3 Å². The summed E-state index contributed by atoms with van der Waals surface area (Å²) in [7, 11) is 0. The molecule has 2 bridgehead atoms. The Bertz CT molecular complexity index is 1090. The minimum Gasteiger partial charge on any atom is -0.461 e. The summed E-state index contributed by atoms with van der Waals surface area (Å²) in [6.07, 6.45) is -2.09. The average molecular weight is 563 g/mol. The van der Waals surface area contributed by atoms with Gasteiger partial charge in [-0.2, -0.15) is 0 Å². The van der Waals surface area contributed by atoms with E-state index >= 15 is 0 Å². The molecule has 40 heavy (non-hydrogen) atoms. The Hall–Kier alpha value is -2.68. The third-order valence-electron chi connectivity index (χ3n) is 9.15. The zero-order valence-electron chi connectivity index (χ0n) is 25.4. The van der Waals surface area contributed by atoms with Crippen molar-refractivity contribution in [1.82, 2.24) is 0 Å². The van der Waals surface area contributed by atoms with Crippen LogP contribution in [0.2, 0.25) is 0 Å². The van der Waals surface area contributed by atoms with Gasteiger partial charge in [0.05, 0.1) is 0 Å². The molecule has 0 amide bonds. The van der Waals surface area contributed by atoms with Crippen LogP contribution in [-0.4, -0.2) is 59.5 Å². The molecule has 3 rings (SSSR count). The van der Waals surface area contributed by atoms with Gasteiger partial charge in [-0.05, 0) is 54.1 Å². The van der Waals surface area contributed by atoms with Gasteiger partial charge in [-0.25, -0.2) is 4.79 Å². The molecule has 3 aliphatic carbocycles. The Morgan fingerprint density at radius 3 is 2.00 bits per heavy atom. The first-order valence-corrected chi connectivity index (χ1v) is 14.2. The van der Waals surface area contributed by atoms with Crippen LogP contribution >= 0.6 is 0 Å². The smallest absolute Gasteiger partial charge is 0.335 e. The van der Waals surface area contributed by atoms with Crippen LogP contribution in [0.5, 0.6) is 0 Å². The fourth-order valence-electron chi connectivity index (χ4n) is 7.64. The second-order valence-electron chi connectivity index (χ2n) is 13.0. The fourth-order valence-corrected chi connectivity index (χ4v) is 7.64. The number of esters is 4. The highest BCUT2D eigenvalue weighted by Crippen LogP contribution is 2.60. The monoisotopic (exact) mass is 562 g/mol. The highest BCUT2D eigenvalue weighted by atomic mass is 16.6. The maximum Gasteiger partial charge on any atom is 0.335 e. The average Bonchev–Trinajstić information content (AvgIpc) is 2.77. The quantitative estimate of drug-likeness (QED) is 0.284. The lowest BCUT2D eigenvalue weighted by molar-refractivity contribution is -0.190. The van der Waals surface area contributed by atoms with Gasteiger partial charge in [-0.3, -0.25) is 14.4 Å². The number of carbonyl (C=O) groups excluding carboxylic acids is 4. The Kier molecular flexibility index (Phi) is 9.29. The lowest BCUT2D eigenvalue weighted by atomic mass is 9.50. The number of rotatable bonds is 6. The van der Waals surface area contributed by atoms with Crippen molar-refractivity contribution in [3.63, 3.8) is 0 Å². The summed E-state index contributed by atoms with van der Waals surface area (Å²) in [4.78, 5) is 50.1. The SMILES string of the molecule is C=C1[C@@H](OC(C)=O)CC[C@@]2(C)C[C@H](OC(C)=O)C3=C(C)C[C@H](OC(=O)C(O)C(C)C)[C@@H]([C@@H](OC(C)=O)[C@H]12)C3(C)C. The molecule has 9 nitrogen and oxygen atoms in total. The molecule has 0 aromatic carbocycles. The lowest BCUT2D eigenvalue weighted by Crippen LogP contribution is -2.60. The summed E-state index contributed by atoms with van der Waals surface area (Å²) >= 11 is 0. The summed E-state index contributed by atoms with van der Waals surface area (Å²) < 4.78 is 23.8. The Labute approximate surface area is 237 Å². The molecule has 0 heterocycles. The predicted molar refractivity (Wildman–Crippen MR) is 147 cm³/mol. The van der Waals surface area contributed by atoms with Gasteiger partial charge in [0, 0.05) is 39.0 Å². The normalized spacial score (nSPS) is 34.1. The molecule has 2 saturated carbocycles. The maximum atomic E-state index is 13.1. The third-order valence-corrected chi connectivity index (χ3v) is 9.15. The Balaban J connectivity index is 2.27. The van der Waals surface area contributed by atoms with Gasteiger partial charge in [-0.1, -0.05) is 46.8 Å². The van der Waals surface area contributed by atoms with E-state index < -0.39 is 77.1 Å². The molecular weight excluding hydrogens is 516 g/mol. The molecule has 2 fully saturated rings. The molecule has 1 N–H and O–H groups in total. The van der Waals surface area contributed by atoms with E-state index in [0.29, 0.717) is 31.3 Å². The summed E-state index contributed by atoms with van der Waals surface area (Å²) in [5.41, 5.74) is 1.16. The van der Waals surface area contributed by atoms with Gasteiger partial charge in [0.2, 0.25) is 0 Å². The third kappa shape index (κ3) is 6.14. The van der Waals surface area contributed by atoms with E-state index in [0.717, 1.165) is 11.1 Å². The van der Waals surface area contributed by atoms with Crippen molar-refractivity contribution in [2.75, 3.05) is 0 Å². The molecule has 0 spiro atoms. The van der Waals surface area contributed by atoms with Crippen LogP contribution in [0.3, 0.4) is 0 Å². The van der Waals surface area contributed by atoms with Crippen LogP contribution < -0.4 is 0 Å². The summed E-state index contributed by atoms with van der Waals surface area (Å²) in [6, 6.07) is 0. The predicted octanol–water partition coefficient (Wildman–Crippen LogP) is 4.45. The van der Waals surface area contributed by atoms with E-state index in [1.54, 1.807) is 13.8 Å². The van der Waals surface area contributed by atoms with Crippen molar-refractivity contribution in [2.24, 2.45) is 28.6 Å². The number of ether oxygens (including phenoxy) is 4. The molecule has 0 aliphatic heterocycles. The van der Waals surface area contributed by atoms with E-state index in [-0.39, 0.29) is 5.92 Å².